The largest absolute Gasteiger partial charge is 0.341 e. The summed E-state index contributed by atoms with van der Waals surface area (Å²) in [5.41, 5.74) is 7.84. The van der Waals surface area contributed by atoms with Crippen LogP contribution < -0.4 is 5.73 Å². The molecule has 0 spiro atoms. The molecule has 128 valence electrons. The summed E-state index contributed by atoms with van der Waals surface area (Å²) in [7, 11) is 0. The number of fused-ring (bicyclic) bond motifs is 1. The fraction of sp³-hybridized carbons (Fsp3) is 0.500. The maximum Gasteiger partial charge on any atom is 0.242 e. The van der Waals surface area contributed by atoms with Crippen molar-refractivity contribution in [3.63, 3.8) is 0 Å². The van der Waals surface area contributed by atoms with Crippen LogP contribution in [0.4, 0.5) is 0 Å². The molecule has 1 amide bonds. The molecule has 7 heteroatoms. The van der Waals surface area contributed by atoms with E-state index in [2.05, 4.69) is 11.9 Å². The van der Waals surface area contributed by atoms with Crippen LogP contribution in [-0.2, 0) is 11.3 Å². The number of likely N-dealkylation sites (tertiary alicyclic amines) is 1. The number of amides is 1. The molecule has 1 aliphatic heterocycles. The second kappa shape index (κ2) is 7.51. The highest BCUT2D eigenvalue weighted by molar-refractivity contribution is 5.85. The number of imidazole rings is 1. The second-order valence-electron chi connectivity index (χ2n) is 6.31. The Hall–Kier alpha value is -1.30. The minimum Gasteiger partial charge on any atom is -0.341 e. The van der Waals surface area contributed by atoms with Crippen molar-refractivity contribution < 1.29 is 4.79 Å². The van der Waals surface area contributed by atoms with E-state index < -0.39 is 0 Å². The van der Waals surface area contributed by atoms with Gasteiger partial charge in [0.05, 0.1) is 11.0 Å². The van der Waals surface area contributed by atoms with Crippen molar-refractivity contribution in [3.8, 4) is 0 Å². The second-order valence-corrected chi connectivity index (χ2v) is 6.31. The van der Waals surface area contributed by atoms with Crippen molar-refractivity contribution in [2.24, 2.45) is 11.1 Å². The number of para-hydroxylation sites is 2. The molecule has 2 heterocycles. The number of nitrogens with zero attached hydrogens (tertiary/aromatic N) is 3. The molecule has 0 bridgehead atoms. The number of carbonyl (C=O) groups excluding carboxylic acids is 1. The van der Waals surface area contributed by atoms with Gasteiger partial charge in [0.2, 0.25) is 5.91 Å². The maximum absolute atomic E-state index is 12.5. The Balaban J connectivity index is 0.00000132. The maximum atomic E-state index is 12.5. The summed E-state index contributed by atoms with van der Waals surface area (Å²) in [5, 5.41) is 0. The lowest BCUT2D eigenvalue weighted by atomic mass is 9.90. The number of halogens is 2. The highest BCUT2D eigenvalue weighted by Crippen LogP contribution is 2.28. The molecule has 3 rings (SSSR count). The summed E-state index contributed by atoms with van der Waals surface area (Å²) < 4.78 is 2.00. The van der Waals surface area contributed by atoms with Gasteiger partial charge in [0, 0.05) is 13.1 Å². The van der Waals surface area contributed by atoms with Gasteiger partial charge in [-0.3, -0.25) is 4.79 Å². The molecule has 1 atom stereocenters. The molecular weight excluding hydrogens is 335 g/mol. The van der Waals surface area contributed by atoms with E-state index in [1.165, 1.54) is 0 Å². The van der Waals surface area contributed by atoms with Crippen LogP contribution >= 0.6 is 24.8 Å². The minimum atomic E-state index is 0. The van der Waals surface area contributed by atoms with Crippen molar-refractivity contribution in [2.45, 2.75) is 26.8 Å². The van der Waals surface area contributed by atoms with Gasteiger partial charge >= 0.3 is 0 Å². The van der Waals surface area contributed by atoms with Crippen LogP contribution in [0.25, 0.3) is 11.0 Å². The minimum absolute atomic E-state index is 0. The smallest absolute Gasteiger partial charge is 0.242 e. The first-order valence-corrected chi connectivity index (χ1v) is 7.42. The quantitative estimate of drug-likeness (QED) is 0.915. The third kappa shape index (κ3) is 3.79. The number of nitrogens with two attached hydrogens (primary N) is 1. The molecule has 2 N–H and O–H groups in total. The van der Waals surface area contributed by atoms with Gasteiger partial charge in [0.25, 0.3) is 0 Å². The van der Waals surface area contributed by atoms with E-state index >= 15 is 0 Å². The topological polar surface area (TPSA) is 64.2 Å². The Morgan fingerprint density at radius 2 is 2.04 bits per heavy atom. The Morgan fingerprint density at radius 1 is 1.35 bits per heavy atom. The molecule has 0 aliphatic carbocycles. The van der Waals surface area contributed by atoms with Crippen LogP contribution in [0, 0.1) is 12.3 Å². The van der Waals surface area contributed by atoms with Crippen molar-refractivity contribution in [2.75, 3.05) is 19.6 Å². The van der Waals surface area contributed by atoms with Gasteiger partial charge in [-0.05, 0) is 37.4 Å². The first kappa shape index (κ1) is 19.7. The van der Waals surface area contributed by atoms with Crippen LogP contribution in [0.15, 0.2) is 24.3 Å². The van der Waals surface area contributed by atoms with Gasteiger partial charge in [-0.1, -0.05) is 19.1 Å². The highest BCUT2D eigenvalue weighted by atomic mass is 35.5. The predicted octanol–water partition coefficient (Wildman–Crippen LogP) is 2.39. The van der Waals surface area contributed by atoms with Crippen LogP contribution in [0.2, 0.25) is 0 Å². The predicted molar refractivity (Wildman–Crippen MR) is 97.3 cm³/mol. The zero-order valence-electron chi connectivity index (χ0n) is 13.5. The summed E-state index contributed by atoms with van der Waals surface area (Å²) in [6, 6.07) is 7.93. The third-order valence-electron chi connectivity index (χ3n) is 4.54. The molecule has 1 aromatic heterocycles. The van der Waals surface area contributed by atoms with Gasteiger partial charge in [-0.2, -0.15) is 0 Å². The van der Waals surface area contributed by atoms with Gasteiger partial charge in [-0.25, -0.2) is 4.98 Å². The van der Waals surface area contributed by atoms with E-state index in [-0.39, 0.29) is 36.1 Å². The molecule has 0 saturated carbocycles. The molecule has 23 heavy (non-hydrogen) atoms. The van der Waals surface area contributed by atoms with Crippen molar-refractivity contribution >= 4 is 41.8 Å². The zero-order valence-corrected chi connectivity index (χ0v) is 15.1. The van der Waals surface area contributed by atoms with Crippen molar-refractivity contribution in [1.29, 1.82) is 0 Å². The lowest BCUT2D eigenvalue weighted by Gasteiger charge is -2.23. The lowest BCUT2D eigenvalue weighted by molar-refractivity contribution is -0.131. The van der Waals surface area contributed by atoms with E-state index in [1.54, 1.807) is 0 Å². The molecule has 1 aliphatic rings. The van der Waals surface area contributed by atoms with Gasteiger partial charge in [-0.15, -0.1) is 24.8 Å². The van der Waals surface area contributed by atoms with E-state index in [9.17, 15) is 4.79 Å². The number of rotatable bonds is 3. The average Bonchev–Trinajstić information content (AvgIpc) is 3.02. The summed E-state index contributed by atoms with van der Waals surface area (Å²) in [5.74, 6) is 1.03. The van der Waals surface area contributed by atoms with E-state index in [4.69, 9.17) is 5.73 Å². The fourth-order valence-corrected chi connectivity index (χ4v) is 3.03. The normalized spacial score (nSPS) is 20.2. The van der Waals surface area contributed by atoms with E-state index in [0.717, 1.165) is 36.4 Å². The first-order chi connectivity index (χ1) is 10.0. The number of aromatic nitrogens is 2. The van der Waals surface area contributed by atoms with E-state index in [0.29, 0.717) is 13.1 Å². The average molecular weight is 359 g/mol. The standard InChI is InChI=1S/C16H22N4O.2ClH/c1-12-18-13-5-3-4-6-14(13)20(12)9-15(21)19-8-7-16(2,10-17)11-19;;/h3-6H,7-11,17H2,1-2H3;2*1H. The van der Waals surface area contributed by atoms with Crippen LogP contribution in [0.5, 0.6) is 0 Å². The molecule has 0 radical (unpaired) electrons. The van der Waals surface area contributed by atoms with E-state index in [1.807, 2.05) is 40.7 Å². The fourth-order valence-electron chi connectivity index (χ4n) is 3.03. The highest BCUT2D eigenvalue weighted by Gasteiger charge is 2.34. The number of benzene rings is 1. The zero-order chi connectivity index (χ0) is 15.0. The van der Waals surface area contributed by atoms with Gasteiger partial charge in [0.1, 0.15) is 12.4 Å². The summed E-state index contributed by atoms with van der Waals surface area (Å²) in [4.78, 5) is 19.0. The Morgan fingerprint density at radius 3 is 2.70 bits per heavy atom. The molecule has 1 aromatic carbocycles. The first-order valence-electron chi connectivity index (χ1n) is 7.42. The number of hydrogen-bond donors (Lipinski definition) is 1. The van der Waals surface area contributed by atoms with Gasteiger partial charge in [0.15, 0.2) is 0 Å². The Labute approximate surface area is 149 Å². The monoisotopic (exact) mass is 358 g/mol. The molecule has 1 unspecified atom stereocenters. The Kier molecular flexibility index (Phi) is 6.45. The van der Waals surface area contributed by atoms with Crippen LogP contribution in [0.1, 0.15) is 19.2 Å². The number of hydrogen-bond acceptors (Lipinski definition) is 3. The molecule has 1 fully saturated rings. The Bertz CT molecular complexity index is 688. The van der Waals surface area contributed by atoms with Crippen LogP contribution in [0.3, 0.4) is 0 Å². The number of carbonyl (C=O) groups is 1. The SMILES string of the molecule is Cc1nc2ccccc2n1CC(=O)N1CCC(C)(CN)C1.Cl.Cl. The summed E-state index contributed by atoms with van der Waals surface area (Å²) in [6.45, 7) is 6.64. The summed E-state index contributed by atoms with van der Waals surface area (Å²) in [6.07, 6.45) is 0.985. The van der Waals surface area contributed by atoms with Crippen molar-refractivity contribution in [3.05, 3.63) is 30.1 Å². The number of aryl methyl sites for hydroxylation is 1. The molecule has 2 aromatic rings. The third-order valence-corrected chi connectivity index (χ3v) is 4.54. The molecule has 1 saturated heterocycles. The summed E-state index contributed by atoms with van der Waals surface area (Å²) >= 11 is 0. The van der Waals surface area contributed by atoms with Crippen LogP contribution in [-0.4, -0.2) is 40.0 Å². The van der Waals surface area contributed by atoms with Gasteiger partial charge < -0.3 is 15.2 Å². The molecule has 5 nitrogen and oxygen atoms in total. The van der Waals surface area contributed by atoms with Crippen molar-refractivity contribution in [1.82, 2.24) is 14.5 Å². The molecular formula is C16H24Cl2N4O. The lowest BCUT2D eigenvalue weighted by Crippen LogP contribution is -2.36.